The summed E-state index contributed by atoms with van der Waals surface area (Å²) in [6, 6.07) is 3.49. The number of sulfonamides is 1. The third-order valence-electron chi connectivity index (χ3n) is 5.08. The molecule has 1 aliphatic carbocycles. The Morgan fingerprint density at radius 2 is 2.12 bits per heavy atom. The lowest BCUT2D eigenvalue weighted by molar-refractivity contribution is 0.449. The topological polar surface area (TPSA) is 55.2 Å². The minimum Gasteiger partial charge on any atom is -0.332 e. The van der Waals surface area contributed by atoms with E-state index in [0.717, 1.165) is 31.1 Å². The predicted molar refractivity (Wildman–Crippen MR) is 94.6 cm³/mol. The van der Waals surface area contributed by atoms with Crippen molar-refractivity contribution in [1.29, 1.82) is 0 Å². The van der Waals surface area contributed by atoms with Gasteiger partial charge in [0.2, 0.25) is 0 Å². The van der Waals surface area contributed by atoms with Crippen molar-refractivity contribution in [3.63, 3.8) is 0 Å². The third-order valence-corrected chi connectivity index (χ3v) is 8.32. The lowest BCUT2D eigenvalue weighted by Gasteiger charge is -2.16. The summed E-state index contributed by atoms with van der Waals surface area (Å²) in [6.07, 6.45) is 6.39. The van der Waals surface area contributed by atoms with Crippen molar-refractivity contribution < 1.29 is 8.42 Å². The molecule has 1 saturated heterocycles. The molecule has 0 N–H and O–H groups in total. The van der Waals surface area contributed by atoms with Crippen LogP contribution in [0.25, 0.3) is 0 Å². The van der Waals surface area contributed by atoms with E-state index < -0.39 is 10.0 Å². The summed E-state index contributed by atoms with van der Waals surface area (Å²) >= 11 is 1.30. The molecule has 1 aliphatic heterocycles. The molecular formula is C17H23N3O2S2. The van der Waals surface area contributed by atoms with Crippen LogP contribution in [0.3, 0.4) is 0 Å². The van der Waals surface area contributed by atoms with Crippen molar-refractivity contribution in [3.05, 3.63) is 35.2 Å². The number of aryl methyl sites for hydroxylation is 1. The lowest BCUT2D eigenvalue weighted by atomic mass is 10.0. The van der Waals surface area contributed by atoms with Gasteiger partial charge in [-0.3, -0.25) is 0 Å². The molecule has 2 aliphatic rings. The molecule has 3 heterocycles. The second-order valence-electron chi connectivity index (χ2n) is 7.02. The largest absolute Gasteiger partial charge is 0.332 e. The van der Waals surface area contributed by atoms with E-state index in [1.54, 1.807) is 16.4 Å². The van der Waals surface area contributed by atoms with Gasteiger partial charge >= 0.3 is 0 Å². The van der Waals surface area contributed by atoms with Crippen LogP contribution in [0.5, 0.6) is 0 Å². The Hall–Kier alpha value is -1.18. The number of thiophene rings is 1. The zero-order chi connectivity index (χ0) is 16.7. The van der Waals surface area contributed by atoms with E-state index in [0.29, 0.717) is 23.2 Å². The highest BCUT2D eigenvalue weighted by Crippen LogP contribution is 2.32. The first kappa shape index (κ1) is 16.3. The van der Waals surface area contributed by atoms with Crippen LogP contribution in [-0.2, 0) is 23.0 Å². The van der Waals surface area contributed by atoms with Crippen molar-refractivity contribution >= 4 is 21.4 Å². The first-order valence-corrected chi connectivity index (χ1v) is 10.9. The molecule has 1 atom stereocenters. The number of aromatic nitrogens is 2. The third kappa shape index (κ3) is 3.17. The summed E-state index contributed by atoms with van der Waals surface area (Å²) in [4.78, 5) is 4.59. The van der Waals surface area contributed by atoms with E-state index >= 15 is 0 Å². The molecule has 0 bridgehead atoms. The average molecular weight is 366 g/mol. The van der Waals surface area contributed by atoms with E-state index in [1.165, 1.54) is 29.9 Å². The molecule has 1 unspecified atom stereocenters. The Kier molecular flexibility index (Phi) is 4.26. The summed E-state index contributed by atoms with van der Waals surface area (Å²) in [5, 5.41) is 1.82. The highest BCUT2D eigenvalue weighted by atomic mass is 32.2. The van der Waals surface area contributed by atoms with Gasteiger partial charge in [0.05, 0.1) is 0 Å². The second-order valence-corrected chi connectivity index (χ2v) is 10.1. The van der Waals surface area contributed by atoms with E-state index in [9.17, 15) is 8.42 Å². The van der Waals surface area contributed by atoms with Gasteiger partial charge in [-0.05, 0) is 49.5 Å². The smallest absolute Gasteiger partial charge is 0.252 e. The van der Waals surface area contributed by atoms with Crippen LogP contribution in [0, 0.1) is 18.8 Å². The molecule has 7 heteroatoms. The standard InChI is InChI=1S/C17H23N3O2S2/c1-13-10-18-16(20(13)12-14-4-5-14)9-15-6-7-19(11-15)24(21,22)17-3-2-8-23-17/h2-3,8,10,14-15H,4-7,9,11-12H2,1H3. The Morgan fingerprint density at radius 3 is 2.83 bits per heavy atom. The molecule has 0 aromatic carbocycles. The van der Waals surface area contributed by atoms with Crippen LogP contribution in [0.1, 0.15) is 30.8 Å². The molecule has 2 fully saturated rings. The van der Waals surface area contributed by atoms with E-state index in [-0.39, 0.29) is 0 Å². The number of hydrogen-bond acceptors (Lipinski definition) is 4. The maximum absolute atomic E-state index is 12.6. The van der Waals surface area contributed by atoms with Crippen LogP contribution in [-0.4, -0.2) is 35.4 Å². The fourth-order valence-electron chi connectivity index (χ4n) is 3.46. The van der Waals surface area contributed by atoms with Crippen molar-refractivity contribution in [2.24, 2.45) is 11.8 Å². The molecule has 2 aromatic rings. The number of nitrogens with zero attached hydrogens (tertiary/aromatic N) is 3. The molecule has 0 amide bonds. The van der Waals surface area contributed by atoms with E-state index in [2.05, 4.69) is 16.5 Å². The van der Waals surface area contributed by atoms with Crippen LogP contribution in [0.2, 0.25) is 0 Å². The minimum atomic E-state index is -3.31. The van der Waals surface area contributed by atoms with Crippen molar-refractivity contribution in [1.82, 2.24) is 13.9 Å². The van der Waals surface area contributed by atoms with Gasteiger partial charge in [0.25, 0.3) is 10.0 Å². The summed E-state index contributed by atoms with van der Waals surface area (Å²) in [6.45, 7) is 4.41. The van der Waals surface area contributed by atoms with Gasteiger partial charge in [-0.2, -0.15) is 4.31 Å². The van der Waals surface area contributed by atoms with Crippen molar-refractivity contribution in [2.75, 3.05) is 13.1 Å². The Bertz CT molecular complexity index is 807. The maximum atomic E-state index is 12.6. The normalized spacial score (nSPS) is 22.3. The average Bonchev–Trinajstić information content (AvgIpc) is 2.98. The first-order valence-electron chi connectivity index (χ1n) is 8.58. The van der Waals surface area contributed by atoms with Crippen LogP contribution in [0.4, 0.5) is 0 Å². The summed E-state index contributed by atoms with van der Waals surface area (Å²) in [5.74, 6) is 2.30. The van der Waals surface area contributed by atoms with Crippen molar-refractivity contribution in [2.45, 2.75) is 43.4 Å². The highest BCUT2D eigenvalue weighted by molar-refractivity contribution is 7.91. The Morgan fingerprint density at radius 1 is 1.29 bits per heavy atom. The summed E-state index contributed by atoms with van der Waals surface area (Å²) in [7, 11) is -3.31. The molecule has 24 heavy (non-hydrogen) atoms. The molecule has 4 rings (SSSR count). The van der Waals surface area contributed by atoms with Gasteiger partial charge in [0.15, 0.2) is 0 Å². The fourth-order valence-corrected chi connectivity index (χ4v) is 6.14. The molecule has 1 saturated carbocycles. The molecule has 0 radical (unpaired) electrons. The van der Waals surface area contributed by atoms with Gasteiger partial charge in [0, 0.05) is 37.9 Å². The second kappa shape index (κ2) is 6.28. The minimum absolute atomic E-state index is 0.361. The van der Waals surface area contributed by atoms with E-state index in [1.807, 2.05) is 11.6 Å². The molecule has 0 spiro atoms. The Labute approximate surface area is 147 Å². The van der Waals surface area contributed by atoms with Gasteiger partial charge < -0.3 is 4.57 Å². The fraction of sp³-hybridized carbons (Fsp3) is 0.588. The van der Waals surface area contributed by atoms with Gasteiger partial charge in [0.1, 0.15) is 10.0 Å². The van der Waals surface area contributed by atoms with Gasteiger partial charge in [-0.15, -0.1) is 11.3 Å². The number of rotatable bonds is 6. The van der Waals surface area contributed by atoms with Gasteiger partial charge in [-0.25, -0.2) is 13.4 Å². The van der Waals surface area contributed by atoms with Crippen molar-refractivity contribution in [3.8, 4) is 0 Å². The first-order chi connectivity index (χ1) is 11.5. The quantitative estimate of drug-likeness (QED) is 0.791. The Balaban J connectivity index is 1.44. The zero-order valence-corrected chi connectivity index (χ0v) is 15.5. The lowest BCUT2D eigenvalue weighted by Crippen LogP contribution is -2.28. The van der Waals surface area contributed by atoms with Crippen LogP contribution in [0.15, 0.2) is 27.9 Å². The molecule has 130 valence electrons. The zero-order valence-electron chi connectivity index (χ0n) is 13.9. The monoisotopic (exact) mass is 365 g/mol. The highest BCUT2D eigenvalue weighted by Gasteiger charge is 2.34. The molecular weight excluding hydrogens is 342 g/mol. The maximum Gasteiger partial charge on any atom is 0.252 e. The molecule has 5 nitrogen and oxygen atoms in total. The predicted octanol–water partition coefficient (Wildman–Crippen LogP) is 2.92. The molecule has 2 aromatic heterocycles. The number of hydrogen-bond donors (Lipinski definition) is 0. The van der Waals surface area contributed by atoms with E-state index in [4.69, 9.17) is 0 Å². The van der Waals surface area contributed by atoms with Crippen LogP contribution < -0.4 is 0 Å². The summed E-state index contributed by atoms with van der Waals surface area (Å²) < 4.78 is 29.7. The SMILES string of the molecule is Cc1cnc(CC2CCN(S(=O)(=O)c3cccs3)C2)n1CC1CC1. The van der Waals surface area contributed by atoms with Gasteiger partial charge in [-0.1, -0.05) is 6.07 Å². The summed E-state index contributed by atoms with van der Waals surface area (Å²) in [5.41, 5.74) is 1.22. The number of imidazole rings is 1. The van der Waals surface area contributed by atoms with Crippen LogP contribution >= 0.6 is 11.3 Å².